The lowest BCUT2D eigenvalue weighted by Gasteiger charge is -2.19. The van der Waals surface area contributed by atoms with Crippen LogP contribution in [0.1, 0.15) is 30.9 Å². The molecule has 4 aromatic rings. The number of thioether (sulfide) groups is 1. The number of benzene rings is 3. The number of nitrogens with zero attached hydrogens (tertiary/aromatic N) is 2. The van der Waals surface area contributed by atoms with Gasteiger partial charge in [-0.05, 0) is 49.2 Å². The molecule has 44 heavy (non-hydrogen) atoms. The number of ether oxygens (including phenoxy) is 2. The van der Waals surface area contributed by atoms with Gasteiger partial charge in [-0.2, -0.15) is 5.26 Å². The van der Waals surface area contributed by atoms with Crippen LogP contribution in [0.5, 0.6) is 5.75 Å². The fourth-order valence-corrected chi connectivity index (χ4v) is 6.90. The maximum absolute atomic E-state index is 13.1. The molecule has 228 valence electrons. The summed E-state index contributed by atoms with van der Waals surface area (Å²) in [6.45, 7) is 3.77. The monoisotopic (exact) mass is 648 g/mol. The zero-order chi connectivity index (χ0) is 31.5. The lowest BCUT2D eigenvalue weighted by Crippen LogP contribution is -2.33. The smallest absolute Gasteiger partial charge is 0.316 e. The van der Waals surface area contributed by atoms with Crippen LogP contribution in [-0.4, -0.2) is 49.3 Å². The molecule has 0 bridgehead atoms. The maximum Gasteiger partial charge on any atom is 0.316 e. The van der Waals surface area contributed by atoms with Crippen molar-refractivity contribution < 1.29 is 22.7 Å². The minimum absolute atomic E-state index is 0.00321. The van der Waals surface area contributed by atoms with Crippen LogP contribution in [-0.2, 0) is 19.4 Å². The van der Waals surface area contributed by atoms with Crippen LogP contribution in [0.2, 0.25) is 5.02 Å². The molecule has 4 rings (SSSR count). The number of aromatic nitrogens is 1. The van der Waals surface area contributed by atoms with Gasteiger partial charge in [-0.15, -0.1) is 0 Å². The molecule has 3 aromatic carbocycles. The Morgan fingerprint density at radius 3 is 2.39 bits per heavy atom. The van der Waals surface area contributed by atoms with Gasteiger partial charge in [0.15, 0.2) is 9.84 Å². The van der Waals surface area contributed by atoms with Gasteiger partial charge >= 0.3 is 5.97 Å². The number of halogens is 1. The zero-order valence-corrected chi connectivity index (χ0v) is 26.9. The number of unbranched alkanes of at least 4 members (excludes halogenated alkanes) is 1. The number of aryl methyl sites for hydroxylation is 1. The van der Waals surface area contributed by atoms with Crippen molar-refractivity contribution in [3.05, 3.63) is 101 Å². The van der Waals surface area contributed by atoms with Gasteiger partial charge in [-0.25, -0.2) is 13.4 Å². The fraction of sp³-hybridized carbons (Fsp3) is 0.265. The molecule has 0 aliphatic rings. The minimum Gasteiger partial charge on any atom is -0.490 e. The first-order valence-electron chi connectivity index (χ1n) is 14.2. The third-order valence-electron chi connectivity index (χ3n) is 6.65. The number of rotatable bonds is 14. The minimum atomic E-state index is -3.49. The Morgan fingerprint density at radius 2 is 1.73 bits per heavy atom. The fourth-order valence-electron chi connectivity index (χ4n) is 4.37. The highest BCUT2D eigenvalue weighted by atomic mass is 35.5. The summed E-state index contributed by atoms with van der Waals surface area (Å²) in [4.78, 5) is 17.9. The molecule has 0 radical (unpaired) electrons. The molecule has 1 unspecified atom stereocenters. The van der Waals surface area contributed by atoms with Crippen LogP contribution in [0, 0.1) is 18.3 Å². The van der Waals surface area contributed by atoms with Gasteiger partial charge in [0, 0.05) is 16.1 Å². The third-order valence-corrected chi connectivity index (χ3v) is 9.64. The molecule has 1 heterocycles. The summed E-state index contributed by atoms with van der Waals surface area (Å²) in [6, 6.07) is 28.2. The standard InChI is InChI=1S/C34H33ClN2O5S2/c1-3-4-18-44(39,40)23-29(21-41-28-16-14-27(35)15-17-28)42-33(38)22-43-34-31(20-36)30(25-8-6-5-7-9-25)19-32(37-34)26-12-10-24(2)11-13-26/h5-17,19,29H,3-4,18,21-23H2,1-2H3. The van der Waals surface area contributed by atoms with Crippen molar-refractivity contribution in [1.29, 1.82) is 5.26 Å². The normalized spacial score (nSPS) is 11.9. The first-order valence-corrected chi connectivity index (χ1v) is 17.3. The van der Waals surface area contributed by atoms with Gasteiger partial charge in [0.05, 0.1) is 28.5 Å². The summed E-state index contributed by atoms with van der Waals surface area (Å²) in [6.07, 6.45) is 0.214. The Labute approximate surface area is 268 Å². The number of hydrogen-bond donors (Lipinski definition) is 0. The van der Waals surface area contributed by atoms with Crippen molar-refractivity contribution in [2.75, 3.05) is 23.9 Å². The van der Waals surface area contributed by atoms with E-state index in [4.69, 9.17) is 26.1 Å². The number of esters is 1. The highest BCUT2D eigenvalue weighted by Gasteiger charge is 2.25. The highest BCUT2D eigenvalue weighted by Crippen LogP contribution is 2.34. The van der Waals surface area contributed by atoms with Gasteiger partial charge in [-0.1, -0.05) is 96.9 Å². The number of carbonyl (C=O) groups excluding carboxylic acids is 1. The lowest BCUT2D eigenvalue weighted by molar-refractivity contribution is -0.146. The van der Waals surface area contributed by atoms with Crippen molar-refractivity contribution in [2.45, 2.75) is 37.8 Å². The molecule has 0 N–H and O–H groups in total. The van der Waals surface area contributed by atoms with Gasteiger partial charge in [-0.3, -0.25) is 4.79 Å². The van der Waals surface area contributed by atoms with E-state index in [9.17, 15) is 18.5 Å². The van der Waals surface area contributed by atoms with E-state index < -0.39 is 21.9 Å². The van der Waals surface area contributed by atoms with Crippen LogP contribution in [0.4, 0.5) is 0 Å². The van der Waals surface area contributed by atoms with Crippen LogP contribution in [0.15, 0.2) is 90.0 Å². The molecule has 1 aromatic heterocycles. The summed E-state index contributed by atoms with van der Waals surface area (Å²) in [7, 11) is -3.49. The lowest BCUT2D eigenvalue weighted by atomic mass is 9.99. The predicted octanol–water partition coefficient (Wildman–Crippen LogP) is 7.55. The molecule has 0 fully saturated rings. The summed E-state index contributed by atoms with van der Waals surface area (Å²) in [5, 5.41) is 11.1. The Hall–Kier alpha value is -3.84. The third kappa shape index (κ3) is 9.58. The van der Waals surface area contributed by atoms with Crippen LogP contribution < -0.4 is 4.74 Å². The van der Waals surface area contributed by atoms with Crippen LogP contribution in [0.25, 0.3) is 22.4 Å². The van der Waals surface area contributed by atoms with E-state index in [1.165, 1.54) is 0 Å². The van der Waals surface area contributed by atoms with E-state index in [0.717, 1.165) is 34.9 Å². The quantitative estimate of drug-likeness (QED) is 0.102. The second kappa shape index (κ2) is 15.8. The molecule has 0 saturated heterocycles. The number of pyridine rings is 1. The molecule has 1 atom stereocenters. The molecule has 0 aliphatic carbocycles. The highest BCUT2D eigenvalue weighted by molar-refractivity contribution is 8.00. The van der Waals surface area contributed by atoms with Gasteiger partial charge in [0.25, 0.3) is 0 Å². The number of nitriles is 1. The van der Waals surface area contributed by atoms with Crippen LogP contribution >= 0.6 is 23.4 Å². The van der Waals surface area contributed by atoms with E-state index >= 15 is 0 Å². The number of hydrogen-bond acceptors (Lipinski definition) is 8. The summed E-state index contributed by atoms with van der Waals surface area (Å²) < 4.78 is 36.9. The molecule has 0 spiro atoms. The van der Waals surface area contributed by atoms with Crippen molar-refractivity contribution in [3.63, 3.8) is 0 Å². The van der Waals surface area contributed by atoms with Gasteiger partial charge in [0.1, 0.15) is 29.6 Å². The number of carbonyl (C=O) groups is 1. The first kappa shape index (κ1) is 33.1. The topological polar surface area (TPSA) is 106 Å². The molecular formula is C34H33ClN2O5S2. The molecule has 10 heteroatoms. The van der Waals surface area contributed by atoms with E-state index in [0.29, 0.717) is 39.0 Å². The average Bonchev–Trinajstić information content (AvgIpc) is 3.02. The zero-order valence-electron chi connectivity index (χ0n) is 24.5. The Morgan fingerprint density at radius 1 is 1.02 bits per heavy atom. The van der Waals surface area contributed by atoms with E-state index in [1.54, 1.807) is 24.3 Å². The first-order chi connectivity index (χ1) is 21.2. The van der Waals surface area contributed by atoms with Gasteiger partial charge in [0.2, 0.25) is 0 Å². The van der Waals surface area contributed by atoms with Crippen molar-refractivity contribution in [3.8, 4) is 34.2 Å². The van der Waals surface area contributed by atoms with E-state index in [2.05, 4.69) is 6.07 Å². The summed E-state index contributed by atoms with van der Waals surface area (Å²) >= 11 is 7.03. The molecular weight excluding hydrogens is 616 g/mol. The summed E-state index contributed by atoms with van der Waals surface area (Å²) in [5.74, 6) is -0.714. The molecule has 0 saturated carbocycles. The molecule has 0 amide bonds. The Balaban J connectivity index is 1.56. The van der Waals surface area contributed by atoms with E-state index in [1.807, 2.05) is 74.5 Å². The van der Waals surface area contributed by atoms with Gasteiger partial charge < -0.3 is 9.47 Å². The van der Waals surface area contributed by atoms with E-state index in [-0.39, 0.29) is 23.9 Å². The van der Waals surface area contributed by atoms with Crippen molar-refractivity contribution in [1.82, 2.24) is 4.98 Å². The van der Waals surface area contributed by atoms with Crippen molar-refractivity contribution >= 4 is 39.2 Å². The largest absolute Gasteiger partial charge is 0.490 e. The number of sulfone groups is 1. The maximum atomic E-state index is 13.1. The Bertz CT molecular complexity index is 1710. The Kier molecular flexibility index (Phi) is 11.8. The second-order valence-corrected chi connectivity index (χ2v) is 13.8. The molecule has 7 nitrogen and oxygen atoms in total. The van der Waals surface area contributed by atoms with Crippen molar-refractivity contribution in [2.24, 2.45) is 0 Å². The second-order valence-electron chi connectivity index (χ2n) is 10.2. The average molecular weight is 649 g/mol. The summed E-state index contributed by atoms with van der Waals surface area (Å²) in [5.41, 5.74) is 4.53. The van der Waals surface area contributed by atoms with Crippen LogP contribution in [0.3, 0.4) is 0 Å². The predicted molar refractivity (Wildman–Crippen MR) is 176 cm³/mol. The SMILES string of the molecule is CCCCS(=O)(=O)CC(COc1ccc(Cl)cc1)OC(=O)CSc1nc(-c2ccc(C)cc2)cc(-c2ccccc2)c1C#N. The molecule has 0 aliphatic heterocycles.